The van der Waals surface area contributed by atoms with Crippen molar-refractivity contribution in [1.29, 1.82) is 0 Å². The lowest BCUT2D eigenvalue weighted by atomic mass is 10.1. The molecule has 0 heterocycles. The molecule has 0 aromatic heterocycles. The predicted octanol–water partition coefficient (Wildman–Crippen LogP) is 3.75. The molecular formula is C14H11ClFNO2. The molecule has 19 heavy (non-hydrogen) atoms. The van der Waals surface area contributed by atoms with Crippen LogP contribution in [0.3, 0.4) is 0 Å². The van der Waals surface area contributed by atoms with Gasteiger partial charge in [0.05, 0.1) is 5.02 Å². The van der Waals surface area contributed by atoms with Crippen LogP contribution in [0.25, 0.3) is 0 Å². The summed E-state index contributed by atoms with van der Waals surface area (Å²) in [5, 5.41) is 12.0. The lowest BCUT2D eigenvalue weighted by Crippen LogP contribution is -2.12. The van der Waals surface area contributed by atoms with E-state index in [1.165, 1.54) is 36.4 Å². The van der Waals surface area contributed by atoms with Crippen LogP contribution in [-0.2, 0) is 0 Å². The Morgan fingerprint density at radius 1 is 1.26 bits per heavy atom. The molecule has 0 aliphatic rings. The topological polar surface area (TPSA) is 49.3 Å². The Morgan fingerprint density at radius 3 is 2.63 bits per heavy atom. The predicted molar refractivity (Wildman–Crippen MR) is 72.2 cm³/mol. The number of hydrogen-bond acceptors (Lipinski definition) is 2. The first-order valence-electron chi connectivity index (χ1n) is 5.53. The number of phenolic OH excluding ortho intramolecular Hbond substituents is 1. The SMILES string of the molecule is Cc1cc(C(=O)Nc2ccc(O)c(Cl)c2)ccc1F. The van der Waals surface area contributed by atoms with E-state index in [9.17, 15) is 14.3 Å². The molecule has 0 spiro atoms. The number of nitrogens with one attached hydrogen (secondary N) is 1. The highest BCUT2D eigenvalue weighted by Gasteiger charge is 2.09. The molecule has 0 bridgehead atoms. The first-order chi connectivity index (χ1) is 8.97. The minimum Gasteiger partial charge on any atom is -0.506 e. The third-order valence-electron chi connectivity index (χ3n) is 2.63. The second-order valence-electron chi connectivity index (χ2n) is 4.08. The van der Waals surface area contributed by atoms with Gasteiger partial charge in [0, 0.05) is 11.3 Å². The van der Waals surface area contributed by atoms with Crippen molar-refractivity contribution >= 4 is 23.2 Å². The summed E-state index contributed by atoms with van der Waals surface area (Å²) in [7, 11) is 0. The normalized spacial score (nSPS) is 10.3. The second-order valence-corrected chi connectivity index (χ2v) is 4.49. The molecule has 0 atom stereocenters. The fourth-order valence-corrected chi connectivity index (χ4v) is 1.75. The fraction of sp³-hybridized carbons (Fsp3) is 0.0714. The van der Waals surface area contributed by atoms with E-state index in [4.69, 9.17) is 11.6 Å². The largest absolute Gasteiger partial charge is 0.506 e. The minimum absolute atomic E-state index is 0.0581. The van der Waals surface area contributed by atoms with Crippen LogP contribution in [0.5, 0.6) is 5.75 Å². The highest BCUT2D eigenvalue weighted by Crippen LogP contribution is 2.26. The van der Waals surface area contributed by atoms with E-state index in [1.54, 1.807) is 6.92 Å². The summed E-state index contributed by atoms with van der Waals surface area (Å²) in [5.74, 6) is -0.786. The van der Waals surface area contributed by atoms with Crippen molar-refractivity contribution in [3.05, 3.63) is 58.4 Å². The molecule has 0 saturated heterocycles. The van der Waals surface area contributed by atoms with Crippen LogP contribution in [-0.4, -0.2) is 11.0 Å². The summed E-state index contributed by atoms with van der Waals surface area (Å²) < 4.78 is 13.1. The Kier molecular flexibility index (Phi) is 3.71. The summed E-state index contributed by atoms with van der Waals surface area (Å²) in [5.41, 5.74) is 1.20. The Balaban J connectivity index is 2.20. The van der Waals surface area contributed by atoms with E-state index in [1.807, 2.05) is 0 Å². The van der Waals surface area contributed by atoms with Gasteiger partial charge in [0.1, 0.15) is 11.6 Å². The van der Waals surface area contributed by atoms with E-state index in [-0.39, 0.29) is 22.5 Å². The number of carbonyl (C=O) groups is 1. The molecule has 5 heteroatoms. The smallest absolute Gasteiger partial charge is 0.255 e. The van der Waals surface area contributed by atoms with Gasteiger partial charge in [-0.05, 0) is 48.9 Å². The Hall–Kier alpha value is -2.07. The lowest BCUT2D eigenvalue weighted by molar-refractivity contribution is 0.102. The van der Waals surface area contributed by atoms with Gasteiger partial charge in [0.25, 0.3) is 5.91 Å². The minimum atomic E-state index is -0.371. The van der Waals surface area contributed by atoms with Gasteiger partial charge in [-0.2, -0.15) is 0 Å². The average molecular weight is 280 g/mol. The third kappa shape index (κ3) is 3.03. The van der Waals surface area contributed by atoms with E-state index >= 15 is 0 Å². The average Bonchev–Trinajstić information content (AvgIpc) is 2.37. The number of halogens is 2. The van der Waals surface area contributed by atoms with E-state index in [0.29, 0.717) is 16.8 Å². The number of carbonyl (C=O) groups excluding carboxylic acids is 1. The number of anilines is 1. The summed E-state index contributed by atoms with van der Waals surface area (Å²) in [6, 6.07) is 8.45. The number of aromatic hydroxyl groups is 1. The molecule has 2 aromatic rings. The van der Waals surface area contributed by atoms with E-state index in [0.717, 1.165) is 0 Å². The van der Waals surface area contributed by atoms with Gasteiger partial charge in [0.2, 0.25) is 0 Å². The van der Waals surface area contributed by atoms with Crippen LogP contribution in [0.2, 0.25) is 5.02 Å². The van der Waals surface area contributed by atoms with Gasteiger partial charge in [0.15, 0.2) is 0 Å². The molecule has 0 aliphatic carbocycles. The second kappa shape index (κ2) is 5.28. The molecule has 0 radical (unpaired) electrons. The number of hydrogen-bond donors (Lipinski definition) is 2. The van der Waals surface area contributed by atoms with Crippen LogP contribution >= 0.6 is 11.6 Å². The first kappa shape index (κ1) is 13.4. The van der Waals surface area contributed by atoms with Crippen molar-refractivity contribution in [1.82, 2.24) is 0 Å². The van der Waals surface area contributed by atoms with Crippen LogP contribution in [0.1, 0.15) is 15.9 Å². The van der Waals surface area contributed by atoms with E-state index < -0.39 is 0 Å². The first-order valence-corrected chi connectivity index (χ1v) is 5.91. The third-order valence-corrected chi connectivity index (χ3v) is 2.93. The monoisotopic (exact) mass is 279 g/mol. The Bertz CT molecular complexity index is 643. The van der Waals surface area contributed by atoms with Crippen LogP contribution < -0.4 is 5.32 Å². The van der Waals surface area contributed by atoms with Gasteiger partial charge in [-0.1, -0.05) is 11.6 Å². The number of amides is 1. The number of phenols is 1. The number of rotatable bonds is 2. The quantitative estimate of drug-likeness (QED) is 0.823. The molecule has 1 amide bonds. The maximum Gasteiger partial charge on any atom is 0.255 e. The van der Waals surface area contributed by atoms with Crippen LogP contribution in [0.4, 0.5) is 10.1 Å². The highest BCUT2D eigenvalue weighted by atomic mass is 35.5. The zero-order valence-electron chi connectivity index (χ0n) is 10.1. The summed E-state index contributed by atoms with van der Waals surface area (Å²) in [6.45, 7) is 1.59. The molecule has 0 unspecified atom stereocenters. The summed E-state index contributed by atoms with van der Waals surface area (Å²) >= 11 is 5.74. The summed E-state index contributed by atoms with van der Waals surface area (Å²) in [6.07, 6.45) is 0. The van der Waals surface area contributed by atoms with Crippen LogP contribution in [0.15, 0.2) is 36.4 Å². The molecule has 2 N–H and O–H groups in total. The Morgan fingerprint density at radius 2 is 2.00 bits per heavy atom. The van der Waals surface area contributed by atoms with Gasteiger partial charge in [-0.25, -0.2) is 4.39 Å². The lowest BCUT2D eigenvalue weighted by Gasteiger charge is -2.07. The maximum absolute atomic E-state index is 13.1. The standard InChI is InChI=1S/C14H11ClFNO2/c1-8-6-9(2-4-12(8)16)14(19)17-10-3-5-13(18)11(15)7-10/h2-7,18H,1H3,(H,17,19). The van der Waals surface area contributed by atoms with Gasteiger partial charge in [-0.3, -0.25) is 4.79 Å². The van der Waals surface area contributed by atoms with Crippen molar-refractivity contribution in [2.24, 2.45) is 0 Å². The molecular weight excluding hydrogens is 269 g/mol. The molecule has 2 aromatic carbocycles. The molecule has 0 saturated carbocycles. The van der Waals surface area contributed by atoms with Crippen molar-refractivity contribution in [3.63, 3.8) is 0 Å². The zero-order chi connectivity index (χ0) is 14.0. The van der Waals surface area contributed by atoms with Gasteiger partial charge < -0.3 is 10.4 Å². The van der Waals surface area contributed by atoms with Crippen molar-refractivity contribution in [2.45, 2.75) is 6.92 Å². The van der Waals surface area contributed by atoms with E-state index in [2.05, 4.69) is 5.32 Å². The highest BCUT2D eigenvalue weighted by molar-refractivity contribution is 6.32. The molecule has 98 valence electrons. The molecule has 0 fully saturated rings. The van der Waals surface area contributed by atoms with Crippen LogP contribution in [0, 0.1) is 12.7 Å². The fourth-order valence-electron chi connectivity index (χ4n) is 1.57. The van der Waals surface area contributed by atoms with Crippen molar-refractivity contribution in [3.8, 4) is 5.75 Å². The maximum atomic E-state index is 13.1. The van der Waals surface area contributed by atoms with Gasteiger partial charge in [-0.15, -0.1) is 0 Å². The number of benzene rings is 2. The molecule has 3 nitrogen and oxygen atoms in total. The molecule has 2 rings (SSSR count). The molecule has 0 aliphatic heterocycles. The van der Waals surface area contributed by atoms with Crippen molar-refractivity contribution < 1.29 is 14.3 Å². The van der Waals surface area contributed by atoms with Gasteiger partial charge >= 0.3 is 0 Å². The summed E-state index contributed by atoms with van der Waals surface area (Å²) in [4.78, 5) is 11.9. The zero-order valence-corrected chi connectivity index (χ0v) is 10.8. The van der Waals surface area contributed by atoms with Crippen molar-refractivity contribution in [2.75, 3.05) is 5.32 Å². The Labute approximate surface area is 114 Å². The number of aryl methyl sites for hydroxylation is 1.